The van der Waals surface area contributed by atoms with Gasteiger partial charge in [0.25, 0.3) is 0 Å². The van der Waals surface area contributed by atoms with Crippen LogP contribution in [0.4, 0.5) is 0 Å². The van der Waals surface area contributed by atoms with E-state index in [2.05, 4.69) is 0 Å². The molecule has 0 radical (unpaired) electrons. The van der Waals surface area contributed by atoms with Crippen LogP contribution >= 0.6 is 0 Å². The van der Waals surface area contributed by atoms with E-state index in [4.69, 9.17) is 35.4 Å². The minimum Gasteiger partial charge on any atom is -0.493 e. The van der Waals surface area contributed by atoms with Gasteiger partial charge in [0.15, 0.2) is 23.0 Å². The van der Waals surface area contributed by atoms with Gasteiger partial charge >= 0.3 is 5.97 Å². The van der Waals surface area contributed by atoms with Crippen molar-refractivity contribution in [1.82, 2.24) is 4.98 Å². The third-order valence-electron chi connectivity index (χ3n) is 7.88. The van der Waals surface area contributed by atoms with Gasteiger partial charge in [-0.2, -0.15) is 0 Å². The summed E-state index contributed by atoms with van der Waals surface area (Å²) in [6.07, 6.45) is 0.176. The van der Waals surface area contributed by atoms with Crippen molar-refractivity contribution in [2.75, 3.05) is 26.9 Å². The van der Waals surface area contributed by atoms with Crippen LogP contribution < -0.4 is 25.7 Å². The van der Waals surface area contributed by atoms with Crippen LogP contribution in [0.15, 0.2) is 48.5 Å². The summed E-state index contributed by atoms with van der Waals surface area (Å²) in [6, 6.07) is 13.9. The fourth-order valence-electron chi connectivity index (χ4n) is 4.84. The largest absolute Gasteiger partial charge is 0.493 e. The Labute approximate surface area is 258 Å². The average molecular weight is 606 g/mol. The summed E-state index contributed by atoms with van der Waals surface area (Å²) in [4.78, 5) is 30.0. The average Bonchev–Trinajstić information content (AvgIpc) is 3.31. The van der Waals surface area contributed by atoms with Gasteiger partial charge in [-0.15, -0.1) is 0 Å². The van der Waals surface area contributed by atoms with Crippen LogP contribution in [0.5, 0.6) is 17.2 Å². The van der Waals surface area contributed by atoms with E-state index in [1.54, 1.807) is 31.2 Å². The maximum Gasteiger partial charge on any atom is 0.323 e. The fraction of sp³-hybridized carbons (Fsp3) is 0.441. The van der Waals surface area contributed by atoms with Gasteiger partial charge in [-0.05, 0) is 57.4 Å². The second kappa shape index (κ2) is 13.3. The number of esters is 1. The van der Waals surface area contributed by atoms with Gasteiger partial charge in [-0.1, -0.05) is 43.7 Å². The first-order chi connectivity index (χ1) is 20.7. The highest BCUT2D eigenvalue weighted by atomic mass is 16.6. The van der Waals surface area contributed by atoms with Gasteiger partial charge in [0.2, 0.25) is 0 Å². The molecule has 4 rings (SSSR count). The molecule has 10 heteroatoms. The molecule has 1 aromatic heterocycles. The number of methoxy groups -OCH3 is 1. The molecule has 236 valence electrons. The molecule has 1 aliphatic heterocycles. The summed E-state index contributed by atoms with van der Waals surface area (Å²) >= 11 is 0. The lowest BCUT2D eigenvalue weighted by Crippen LogP contribution is -2.37. The first-order valence-corrected chi connectivity index (χ1v) is 14.8. The number of aryl methyl sites for hydroxylation is 1. The number of aromatic nitrogens is 1. The Morgan fingerprint density at radius 1 is 1.11 bits per heavy atom. The summed E-state index contributed by atoms with van der Waals surface area (Å²) in [6.45, 7) is 9.64. The van der Waals surface area contributed by atoms with E-state index in [1.807, 2.05) is 52.0 Å². The Morgan fingerprint density at radius 3 is 2.48 bits per heavy atom. The van der Waals surface area contributed by atoms with Crippen LogP contribution in [0.3, 0.4) is 0 Å². The number of hydrogen-bond donors (Lipinski definition) is 3. The minimum atomic E-state index is -1.43. The van der Waals surface area contributed by atoms with Gasteiger partial charge in [0.1, 0.15) is 37.2 Å². The van der Waals surface area contributed by atoms with E-state index in [9.17, 15) is 14.7 Å². The van der Waals surface area contributed by atoms with Crippen LogP contribution in [0.25, 0.3) is 11.3 Å². The zero-order valence-electron chi connectivity index (χ0n) is 26.3. The van der Waals surface area contributed by atoms with Crippen molar-refractivity contribution in [1.29, 1.82) is 0 Å². The van der Waals surface area contributed by atoms with E-state index >= 15 is 0 Å². The molecule has 2 aromatic carbocycles. The molecule has 2 heterocycles. The summed E-state index contributed by atoms with van der Waals surface area (Å²) in [5.41, 5.74) is 14.3. The molecular weight excluding hydrogens is 562 g/mol. The first-order valence-electron chi connectivity index (χ1n) is 14.8. The molecule has 3 atom stereocenters. The molecule has 0 spiro atoms. The number of ether oxygens (including phenoxy) is 4. The molecule has 10 nitrogen and oxygen atoms in total. The van der Waals surface area contributed by atoms with Crippen LogP contribution in [0.2, 0.25) is 0 Å². The van der Waals surface area contributed by atoms with E-state index in [0.29, 0.717) is 40.8 Å². The molecule has 0 saturated heterocycles. The highest BCUT2D eigenvalue weighted by Gasteiger charge is 2.38. The highest BCUT2D eigenvalue weighted by Crippen LogP contribution is 2.44. The predicted octanol–water partition coefficient (Wildman–Crippen LogP) is 4.41. The molecule has 44 heavy (non-hydrogen) atoms. The molecule has 0 bridgehead atoms. The topological polar surface area (TPSA) is 156 Å². The first kappa shape index (κ1) is 32.9. The number of aliphatic hydroxyl groups is 1. The lowest BCUT2D eigenvalue weighted by Gasteiger charge is -2.25. The van der Waals surface area contributed by atoms with Crippen LogP contribution in [-0.4, -0.2) is 54.8 Å². The van der Waals surface area contributed by atoms with E-state index < -0.39 is 23.2 Å². The van der Waals surface area contributed by atoms with E-state index in [-0.39, 0.29) is 37.8 Å². The van der Waals surface area contributed by atoms with Gasteiger partial charge < -0.3 is 35.5 Å². The predicted molar refractivity (Wildman–Crippen MR) is 167 cm³/mol. The molecule has 0 aliphatic carbocycles. The molecule has 0 fully saturated rings. The summed E-state index contributed by atoms with van der Waals surface area (Å²) in [5.74, 6) is 0.671. The third kappa shape index (κ3) is 7.38. The summed E-state index contributed by atoms with van der Waals surface area (Å²) in [5, 5.41) is 11.6. The number of fused-ring (bicyclic) bond motifs is 1. The van der Waals surface area contributed by atoms with Crippen molar-refractivity contribution in [2.45, 2.75) is 64.6 Å². The van der Waals surface area contributed by atoms with Crippen LogP contribution in [-0.2, 0) is 20.7 Å². The van der Waals surface area contributed by atoms with Crippen molar-refractivity contribution in [3.63, 3.8) is 0 Å². The van der Waals surface area contributed by atoms with Crippen molar-refractivity contribution in [3.05, 3.63) is 70.9 Å². The van der Waals surface area contributed by atoms with Gasteiger partial charge in [0, 0.05) is 23.1 Å². The smallest absolute Gasteiger partial charge is 0.323 e. The number of ketones is 1. The number of hydrogen-bond acceptors (Lipinski definition) is 10. The molecule has 3 aromatic rings. The number of carbonyl (C=O) groups is 2. The highest BCUT2D eigenvalue weighted by molar-refractivity contribution is 5.96. The molecule has 0 amide bonds. The third-order valence-corrected chi connectivity index (χ3v) is 7.88. The van der Waals surface area contributed by atoms with Crippen molar-refractivity contribution in [2.24, 2.45) is 17.4 Å². The number of rotatable bonds is 13. The van der Waals surface area contributed by atoms with E-state index in [1.165, 1.54) is 7.11 Å². The fourth-order valence-corrected chi connectivity index (χ4v) is 4.84. The molecule has 1 aliphatic rings. The van der Waals surface area contributed by atoms with Gasteiger partial charge in [-0.3, -0.25) is 9.59 Å². The summed E-state index contributed by atoms with van der Waals surface area (Å²) < 4.78 is 22.3. The zero-order chi connectivity index (χ0) is 32.2. The Hall–Kier alpha value is -3.99. The van der Waals surface area contributed by atoms with Gasteiger partial charge in [-0.25, -0.2) is 4.98 Å². The molecular formula is C34H43N3O7. The standard InChI is InChI=1S/C34H43N3O7/c1-20(2)29(35)32(39)43-16-15-42-26-12-11-23(17-27(26)41-6)25(38)13-14-34(5,40)28-18-24-31(44-19-33(24,4)36)30(37-28)22-9-7-21(3)8-10-22/h7-12,17-18,20,29,40H,13-16,19,35-36H2,1-6H3. The quantitative estimate of drug-likeness (QED) is 0.145. The lowest BCUT2D eigenvalue weighted by molar-refractivity contribution is -0.147. The molecule has 0 saturated carbocycles. The second-order valence-corrected chi connectivity index (χ2v) is 12.2. The normalized spacial score (nSPS) is 17.8. The monoisotopic (exact) mass is 605 g/mol. The number of pyridine rings is 1. The Balaban J connectivity index is 1.45. The van der Waals surface area contributed by atoms with Crippen LogP contribution in [0.1, 0.15) is 67.7 Å². The van der Waals surface area contributed by atoms with Crippen molar-refractivity contribution >= 4 is 11.8 Å². The Morgan fingerprint density at radius 2 is 1.82 bits per heavy atom. The SMILES string of the molecule is COc1cc(C(=O)CCC(C)(O)c2cc3c(c(-c4ccc(C)cc4)n2)OCC3(C)N)ccc1OCCOC(=O)C(N)C(C)C. The van der Waals surface area contributed by atoms with E-state index in [0.717, 1.165) is 16.7 Å². The van der Waals surface area contributed by atoms with Crippen molar-refractivity contribution in [3.8, 4) is 28.5 Å². The van der Waals surface area contributed by atoms with Crippen molar-refractivity contribution < 1.29 is 33.6 Å². The number of nitrogens with two attached hydrogens (primary N) is 2. The number of Topliss-reactive ketones (excluding diaryl/α,β-unsaturated/α-hetero) is 1. The number of nitrogens with zero attached hydrogens (tertiary/aromatic N) is 1. The minimum absolute atomic E-state index is 0.0238. The molecule has 5 N–H and O–H groups in total. The Bertz CT molecular complexity index is 1500. The van der Waals surface area contributed by atoms with Gasteiger partial charge in [0.05, 0.1) is 18.3 Å². The maximum atomic E-state index is 13.2. The number of carbonyl (C=O) groups excluding carboxylic acids is 2. The second-order valence-electron chi connectivity index (χ2n) is 12.2. The lowest BCUT2D eigenvalue weighted by atomic mass is 9.88. The maximum absolute atomic E-state index is 13.2. The summed E-state index contributed by atoms with van der Waals surface area (Å²) in [7, 11) is 1.48. The molecule has 3 unspecified atom stereocenters. The van der Waals surface area contributed by atoms with Crippen LogP contribution in [0, 0.1) is 12.8 Å². The Kier molecular flexibility index (Phi) is 9.98. The zero-order valence-corrected chi connectivity index (χ0v) is 26.3. The number of benzene rings is 2.